The molecule has 44 heavy (non-hydrogen) atoms. The van der Waals surface area contributed by atoms with Gasteiger partial charge < -0.3 is 29.7 Å². The maximum absolute atomic E-state index is 16.0. The zero-order valence-electron chi connectivity index (χ0n) is 25.5. The molecule has 2 N–H and O–H groups in total. The predicted molar refractivity (Wildman–Crippen MR) is 170 cm³/mol. The number of nitrogens with zero attached hydrogens (tertiary/aromatic N) is 5. The first kappa shape index (κ1) is 29.6. The average Bonchev–Trinajstić information content (AvgIpc) is 3.94. The topological polar surface area (TPSA) is 87.5 Å². The van der Waals surface area contributed by atoms with Crippen LogP contribution in [0.3, 0.4) is 0 Å². The van der Waals surface area contributed by atoms with Crippen molar-refractivity contribution in [3.8, 4) is 17.0 Å². The number of fused-ring (bicyclic) bond motifs is 1. The minimum absolute atomic E-state index is 0.0766. The summed E-state index contributed by atoms with van der Waals surface area (Å²) in [6.45, 7) is 5.10. The quantitative estimate of drug-likeness (QED) is 0.180. The molecule has 4 aromatic rings. The zero-order chi connectivity index (χ0) is 31.1. The Labute approximate surface area is 255 Å². The zero-order valence-corrected chi connectivity index (χ0v) is 25.5. The van der Waals surface area contributed by atoms with Crippen molar-refractivity contribution < 1.29 is 18.3 Å². The van der Waals surface area contributed by atoms with Crippen LogP contribution in [0.5, 0.6) is 5.75 Å². The molecular weight excluding hydrogens is 564 g/mol. The summed E-state index contributed by atoms with van der Waals surface area (Å²) in [5.74, 6) is -0.624. The Morgan fingerprint density at radius 2 is 1.91 bits per heavy atom. The maximum Gasteiger partial charge on any atom is 0.247 e. The van der Waals surface area contributed by atoms with Crippen LogP contribution in [-0.2, 0) is 4.79 Å². The van der Waals surface area contributed by atoms with Gasteiger partial charge in [-0.2, -0.15) is 0 Å². The standard InChI is InChI=1S/C33H37F2N7O2/c1-6-29(43)37-24-16-25(28(44-5)17-26(24)41(4)14-13-40(2)3)39-33-36-12-11-23(38-33)21-18-42(20-9-10-20)27-15-22(34)30(19-7-8-19)32(35)31(21)27/h6,11-12,15-20H,1,7-10,13-14H2,2-5H3,(H,37,43)(H,36,38,39). The Morgan fingerprint density at radius 3 is 2.57 bits per heavy atom. The number of ether oxygens (including phenoxy) is 1. The van der Waals surface area contributed by atoms with Crippen molar-refractivity contribution in [3.63, 3.8) is 0 Å². The molecule has 0 unspecified atom stereocenters. The number of carbonyl (C=O) groups is 1. The van der Waals surface area contributed by atoms with Crippen LogP contribution < -0.4 is 20.3 Å². The lowest BCUT2D eigenvalue weighted by molar-refractivity contribution is -0.111. The Balaban J connectivity index is 1.39. The van der Waals surface area contributed by atoms with E-state index in [0.29, 0.717) is 45.8 Å². The average molecular weight is 602 g/mol. The highest BCUT2D eigenvalue weighted by Crippen LogP contribution is 2.48. The first-order valence-corrected chi connectivity index (χ1v) is 14.8. The molecule has 9 nitrogen and oxygen atoms in total. The van der Waals surface area contributed by atoms with E-state index in [1.54, 1.807) is 25.4 Å². The van der Waals surface area contributed by atoms with Crippen molar-refractivity contribution in [3.05, 3.63) is 66.5 Å². The molecule has 2 saturated carbocycles. The molecule has 2 aromatic heterocycles. The molecule has 11 heteroatoms. The SMILES string of the molecule is C=CC(=O)Nc1cc(Nc2nccc(-c3cn(C4CC4)c4cc(F)c(C5CC5)c(F)c34)n2)c(OC)cc1N(C)CCN(C)C. The van der Waals surface area contributed by atoms with Crippen LogP contribution >= 0.6 is 0 Å². The van der Waals surface area contributed by atoms with Crippen LogP contribution in [0.2, 0.25) is 0 Å². The normalized spacial score (nSPS) is 14.6. The van der Waals surface area contributed by atoms with Crippen LogP contribution in [0.4, 0.5) is 31.8 Å². The van der Waals surface area contributed by atoms with Crippen molar-refractivity contribution in [2.45, 2.75) is 37.6 Å². The van der Waals surface area contributed by atoms with E-state index in [4.69, 9.17) is 9.72 Å². The number of nitrogens with one attached hydrogen (secondary N) is 2. The van der Waals surface area contributed by atoms with Gasteiger partial charge in [-0.05, 0) is 70.0 Å². The summed E-state index contributed by atoms with van der Waals surface area (Å²) >= 11 is 0. The molecule has 2 aliphatic rings. The molecule has 2 aliphatic carbocycles. The third-order valence-electron chi connectivity index (χ3n) is 8.21. The number of aromatic nitrogens is 3. The lowest BCUT2D eigenvalue weighted by atomic mass is 10.0. The Morgan fingerprint density at radius 1 is 1.14 bits per heavy atom. The van der Waals surface area contributed by atoms with Gasteiger partial charge in [0.15, 0.2) is 0 Å². The number of hydrogen-bond donors (Lipinski definition) is 2. The molecule has 2 heterocycles. The molecule has 0 aliphatic heterocycles. The predicted octanol–water partition coefficient (Wildman–Crippen LogP) is 6.46. The van der Waals surface area contributed by atoms with Gasteiger partial charge in [0.1, 0.15) is 17.4 Å². The van der Waals surface area contributed by atoms with Crippen LogP contribution in [0.15, 0.2) is 49.3 Å². The maximum atomic E-state index is 16.0. The summed E-state index contributed by atoms with van der Waals surface area (Å²) in [6, 6.07) is 7.04. The van der Waals surface area contributed by atoms with E-state index in [1.807, 2.05) is 42.9 Å². The summed E-state index contributed by atoms with van der Waals surface area (Å²) in [5.41, 5.74) is 3.68. The molecule has 0 radical (unpaired) electrons. The second-order valence-electron chi connectivity index (χ2n) is 11.8. The Hall–Kier alpha value is -4.51. The van der Waals surface area contributed by atoms with Gasteiger partial charge in [-0.1, -0.05) is 6.58 Å². The minimum atomic E-state index is -0.497. The second kappa shape index (κ2) is 11.9. The molecule has 0 saturated heterocycles. The fraction of sp³-hybridized carbons (Fsp3) is 0.364. The second-order valence-corrected chi connectivity index (χ2v) is 11.8. The molecule has 2 aromatic carbocycles. The van der Waals surface area contributed by atoms with E-state index < -0.39 is 11.6 Å². The van der Waals surface area contributed by atoms with Gasteiger partial charge in [0.25, 0.3) is 0 Å². The molecule has 1 amide bonds. The van der Waals surface area contributed by atoms with E-state index in [0.717, 1.165) is 37.9 Å². The highest BCUT2D eigenvalue weighted by Gasteiger charge is 2.34. The largest absolute Gasteiger partial charge is 0.494 e. The smallest absolute Gasteiger partial charge is 0.247 e. The van der Waals surface area contributed by atoms with E-state index in [2.05, 4.69) is 27.1 Å². The summed E-state index contributed by atoms with van der Waals surface area (Å²) < 4.78 is 38.8. The number of carbonyl (C=O) groups excluding carboxylic acids is 1. The van der Waals surface area contributed by atoms with E-state index in [1.165, 1.54) is 12.1 Å². The molecule has 0 spiro atoms. The van der Waals surface area contributed by atoms with Crippen molar-refractivity contribution in [2.24, 2.45) is 0 Å². The molecule has 0 bridgehead atoms. The Kier molecular flexibility index (Phi) is 7.98. The first-order chi connectivity index (χ1) is 21.2. The van der Waals surface area contributed by atoms with Gasteiger partial charge in [-0.3, -0.25) is 4.79 Å². The first-order valence-electron chi connectivity index (χ1n) is 14.8. The molecular formula is C33H37F2N7O2. The summed E-state index contributed by atoms with van der Waals surface area (Å²) in [4.78, 5) is 25.6. The monoisotopic (exact) mass is 601 g/mol. The third kappa shape index (κ3) is 5.84. The highest BCUT2D eigenvalue weighted by atomic mass is 19.1. The number of rotatable bonds is 12. The van der Waals surface area contributed by atoms with Gasteiger partial charge in [-0.25, -0.2) is 18.7 Å². The summed E-state index contributed by atoms with van der Waals surface area (Å²) in [5, 5.41) is 6.50. The van der Waals surface area contributed by atoms with Crippen molar-refractivity contribution >= 4 is 39.8 Å². The van der Waals surface area contributed by atoms with E-state index in [-0.39, 0.29) is 29.4 Å². The van der Waals surface area contributed by atoms with Crippen molar-refractivity contribution in [2.75, 3.05) is 56.9 Å². The van der Waals surface area contributed by atoms with Crippen LogP contribution in [0, 0.1) is 11.6 Å². The van der Waals surface area contributed by atoms with Crippen molar-refractivity contribution in [1.82, 2.24) is 19.4 Å². The van der Waals surface area contributed by atoms with Crippen molar-refractivity contribution in [1.29, 1.82) is 0 Å². The molecule has 230 valence electrons. The lowest BCUT2D eigenvalue weighted by Crippen LogP contribution is -2.29. The minimum Gasteiger partial charge on any atom is -0.494 e. The number of amides is 1. The molecule has 0 atom stereocenters. The number of anilines is 4. The van der Waals surface area contributed by atoms with E-state index in [9.17, 15) is 4.79 Å². The highest BCUT2D eigenvalue weighted by molar-refractivity contribution is 6.02. The fourth-order valence-corrected chi connectivity index (χ4v) is 5.55. The number of methoxy groups -OCH3 is 1. The van der Waals surface area contributed by atoms with Crippen LogP contribution in [-0.4, -0.2) is 66.7 Å². The van der Waals surface area contributed by atoms with Gasteiger partial charge >= 0.3 is 0 Å². The summed E-state index contributed by atoms with van der Waals surface area (Å²) in [7, 11) is 7.51. The van der Waals surface area contributed by atoms with Gasteiger partial charge in [0.2, 0.25) is 11.9 Å². The van der Waals surface area contributed by atoms with E-state index >= 15 is 8.78 Å². The lowest BCUT2D eigenvalue weighted by Gasteiger charge is -2.26. The number of halogens is 2. The number of hydrogen-bond acceptors (Lipinski definition) is 7. The number of benzene rings is 2. The van der Waals surface area contributed by atoms with Gasteiger partial charge in [-0.15, -0.1) is 0 Å². The number of likely N-dealkylation sites (N-methyl/N-ethyl adjacent to an activating group) is 2. The van der Waals surface area contributed by atoms with Gasteiger partial charge in [0, 0.05) is 61.2 Å². The van der Waals surface area contributed by atoms with Crippen LogP contribution in [0.1, 0.15) is 43.2 Å². The fourth-order valence-electron chi connectivity index (χ4n) is 5.55. The third-order valence-corrected chi connectivity index (χ3v) is 8.21. The summed E-state index contributed by atoms with van der Waals surface area (Å²) in [6.07, 6.45) is 8.23. The van der Waals surface area contributed by atoms with Crippen LogP contribution in [0.25, 0.3) is 22.2 Å². The van der Waals surface area contributed by atoms with Gasteiger partial charge in [0.05, 0.1) is 35.4 Å². The Bertz CT molecular complexity index is 1740. The molecule has 6 rings (SSSR count). The molecule has 2 fully saturated rings.